The largest absolute Gasteiger partial charge is 0.493 e. The van der Waals surface area contributed by atoms with Gasteiger partial charge in [0.25, 0.3) is 5.91 Å². The van der Waals surface area contributed by atoms with Gasteiger partial charge in [-0.25, -0.2) is 0 Å². The number of benzene rings is 2. The zero-order valence-electron chi connectivity index (χ0n) is 15.9. The second kappa shape index (κ2) is 9.70. The lowest BCUT2D eigenvalue weighted by Crippen LogP contribution is -2.32. The first kappa shape index (κ1) is 19.6. The maximum Gasteiger partial charge on any atom is 0.258 e. The topological polar surface area (TPSA) is 56.8 Å². The molecule has 2 aromatic rings. The molecule has 0 spiro atoms. The summed E-state index contributed by atoms with van der Waals surface area (Å²) in [5.41, 5.74) is 2.20. The van der Waals surface area contributed by atoms with Crippen LogP contribution >= 0.6 is 0 Å². The standard InChI is InChI=1S/C21H27NO4/c1-5-15-7-10-17(11-8-15)26-14-21(23)22-18(6-2)16-9-12-19(24-3)20(13-16)25-4/h7-13,18H,5-6,14H2,1-4H3,(H,22,23). The van der Waals surface area contributed by atoms with Gasteiger partial charge in [0.15, 0.2) is 18.1 Å². The molecule has 26 heavy (non-hydrogen) atoms. The van der Waals surface area contributed by atoms with Crippen LogP contribution in [0, 0.1) is 0 Å². The molecule has 1 atom stereocenters. The van der Waals surface area contributed by atoms with Crippen molar-refractivity contribution in [2.24, 2.45) is 0 Å². The van der Waals surface area contributed by atoms with E-state index in [-0.39, 0.29) is 18.6 Å². The average Bonchev–Trinajstić information content (AvgIpc) is 2.70. The minimum absolute atomic E-state index is 0.0186. The third-order valence-electron chi connectivity index (χ3n) is 4.25. The first-order valence-electron chi connectivity index (χ1n) is 8.84. The maximum absolute atomic E-state index is 12.3. The van der Waals surface area contributed by atoms with Crippen molar-refractivity contribution in [1.29, 1.82) is 0 Å². The van der Waals surface area contributed by atoms with Crippen LogP contribution < -0.4 is 19.5 Å². The average molecular weight is 357 g/mol. The summed E-state index contributed by atoms with van der Waals surface area (Å²) in [5.74, 6) is 1.84. The minimum atomic E-state index is -0.161. The van der Waals surface area contributed by atoms with E-state index >= 15 is 0 Å². The van der Waals surface area contributed by atoms with Gasteiger partial charge in [-0.05, 0) is 48.2 Å². The van der Waals surface area contributed by atoms with Gasteiger partial charge in [-0.3, -0.25) is 4.79 Å². The number of methoxy groups -OCH3 is 2. The van der Waals surface area contributed by atoms with Crippen molar-refractivity contribution < 1.29 is 19.0 Å². The molecule has 0 aromatic heterocycles. The molecule has 140 valence electrons. The molecule has 5 heteroatoms. The number of carbonyl (C=O) groups is 1. The van der Waals surface area contributed by atoms with Crippen LogP contribution in [0.4, 0.5) is 0 Å². The normalized spacial score (nSPS) is 11.5. The molecule has 0 saturated carbocycles. The fourth-order valence-electron chi connectivity index (χ4n) is 2.70. The summed E-state index contributed by atoms with van der Waals surface area (Å²) in [5, 5.41) is 3.00. The molecule has 0 heterocycles. The van der Waals surface area contributed by atoms with Crippen LogP contribution in [-0.2, 0) is 11.2 Å². The third-order valence-corrected chi connectivity index (χ3v) is 4.25. The molecule has 5 nitrogen and oxygen atoms in total. The molecule has 0 aliphatic carbocycles. The smallest absolute Gasteiger partial charge is 0.258 e. The highest BCUT2D eigenvalue weighted by molar-refractivity contribution is 5.78. The Labute approximate surface area is 155 Å². The number of hydrogen-bond donors (Lipinski definition) is 1. The van der Waals surface area contributed by atoms with Gasteiger partial charge in [-0.2, -0.15) is 0 Å². The Bertz CT molecular complexity index is 712. The van der Waals surface area contributed by atoms with Crippen molar-refractivity contribution in [3.8, 4) is 17.2 Å². The zero-order chi connectivity index (χ0) is 18.9. The van der Waals surface area contributed by atoms with Crippen molar-refractivity contribution >= 4 is 5.91 Å². The van der Waals surface area contributed by atoms with Crippen LogP contribution in [0.15, 0.2) is 42.5 Å². The van der Waals surface area contributed by atoms with Crippen molar-refractivity contribution in [3.05, 3.63) is 53.6 Å². The van der Waals surface area contributed by atoms with Crippen LogP contribution in [0.25, 0.3) is 0 Å². The molecule has 0 fully saturated rings. The van der Waals surface area contributed by atoms with Gasteiger partial charge in [0, 0.05) is 0 Å². The second-order valence-electron chi connectivity index (χ2n) is 5.93. The molecule has 1 N–H and O–H groups in total. The lowest BCUT2D eigenvalue weighted by Gasteiger charge is -2.19. The van der Waals surface area contributed by atoms with E-state index in [4.69, 9.17) is 14.2 Å². The van der Waals surface area contributed by atoms with E-state index in [1.807, 2.05) is 49.4 Å². The van der Waals surface area contributed by atoms with Crippen LogP contribution in [0.5, 0.6) is 17.2 Å². The summed E-state index contributed by atoms with van der Waals surface area (Å²) >= 11 is 0. The summed E-state index contributed by atoms with van der Waals surface area (Å²) in [4.78, 5) is 12.3. The molecule has 1 amide bonds. The quantitative estimate of drug-likeness (QED) is 0.739. The Morgan fingerprint density at radius 2 is 1.69 bits per heavy atom. The second-order valence-corrected chi connectivity index (χ2v) is 5.93. The Morgan fingerprint density at radius 3 is 2.27 bits per heavy atom. The SMILES string of the molecule is CCc1ccc(OCC(=O)NC(CC)c2ccc(OC)c(OC)c2)cc1. The van der Waals surface area contributed by atoms with Crippen molar-refractivity contribution in [1.82, 2.24) is 5.32 Å². The fraction of sp³-hybridized carbons (Fsp3) is 0.381. The maximum atomic E-state index is 12.3. The number of amides is 1. The van der Waals surface area contributed by atoms with Gasteiger partial charge < -0.3 is 19.5 Å². The number of hydrogen-bond acceptors (Lipinski definition) is 4. The van der Waals surface area contributed by atoms with Crippen LogP contribution in [0.1, 0.15) is 37.4 Å². The summed E-state index contributed by atoms with van der Waals surface area (Å²) in [7, 11) is 3.19. The van der Waals surface area contributed by atoms with Crippen molar-refractivity contribution in [3.63, 3.8) is 0 Å². The first-order valence-corrected chi connectivity index (χ1v) is 8.84. The Kier molecular flexibility index (Phi) is 7.33. The van der Waals surface area contributed by atoms with Gasteiger partial charge in [0.05, 0.1) is 20.3 Å². The molecule has 0 saturated heterocycles. The fourth-order valence-corrected chi connectivity index (χ4v) is 2.70. The van der Waals surface area contributed by atoms with Crippen LogP contribution in [-0.4, -0.2) is 26.7 Å². The van der Waals surface area contributed by atoms with Gasteiger partial charge in [-0.1, -0.05) is 32.0 Å². The van der Waals surface area contributed by atoms with E-state index in [2.05, 4.69) is 12.2 Å². The van der Waals surface area contributed by atoms with Crippen molar-refractivity contribution in [2.45, 2.75) is 32.7 Å². The van der Waals surface area contributed by atoms with Gasteiger partial charge >= 0.3 is 0 Å². The predicted molar refractivity (Wildman–Crippen MR) is 102 cm³/mol. The van der Waals surface area contributed by atoms with E-state index in [9.17, 15) is 4.79 Å². The van der Waals surface area contributed by atoms with E-state index in [1.54, 1.807) is 14.2 Å². The monoisotopic (exact) mass is 357 g/mol. The van der Waals surface area contributed by atoms with Crippen molar-refractivity contribution in [2.75, 3.05) is 20.8 Å². The number of carbonyl (C=O) groups excluding carboxylic acids is 1. The number of ether oxygens (including phenoxy) is 3. The van der Waals surface area contributed by atoms with Gasteiger partial charge in [0.2, 0.25) is 0 Å². The third kappa shape index (κ3) is 5.15. The summed E-state index contributed by atoms with van der Waals surface area (Å²) in [6.45, 7) is 4.10. The molecule has 2 rings (SSSR count). The predicted octanol–water partition coefficient (Wildman–Crippen LogP) is 3.91. The Morgan fingerprint density at radius 1 is 1.00 bits per heavy atom. The van der Waals surface area contributed by atoms with Gasteiger partial charge in [0.1, 0.15) is 5.75 Å². The Balaban J connectivity index is 1.96. The number of nitrogens with one attached hydrogen (secondary N) is 1. The zero-order valence-corrected chi connectivity index (χ0v) is 15.9. The lowest BCUT2D eigenvalue weighted by molar-refractivity contribution is -0.123. The summed E-state index contributed by atoms with van der Waals surface area (Å²) in [6, 6.07) is 13.3. The highest BCUT2D eigenvalue weighted by atomic mass is 16.5. The highest BCUT2D eigenvalue weighted by Gasteiger charge is 2.15. The molecular weight excluding hydrogens is 330 g/mol. The summed E-state index contributed by atoms with van der Waals surface area (Å²) < 4.78 is 16.2. The molecular formula is C21H27NO4. The van der Waals surface area contributed by atoms with Crippen LogP contribution in [0.3, 0.4) is 0 Å². The van der Waals surface area contributed by atoms with E-state index in [1.165, 1.54) is 5.56 Å². The van der Waals surface area contributed by atoms with Crippen LogP contribution in [0.2, 0.25) is 0 Å². The molecule has 0 aliphatic heterocycles. The number of rotatable bonds is 9. The van der Waals surface area contributed by atoms with Gasteiger partial charge in [-0.15, -0.1) is 0 Å². The molecule has 2 aromatic carbocycles. The number of aryl methyl sites for hydroxylation is 1. The molecule has 0 aliphatic rings. The minimum Gasteiger partial charge on any atom is -0.493 e. The first-order chi connectivity index (χ1) is 12.6. The highest BCUT2D eigenvalue weighted by Crippen LogP contribution is 2.30. The molecule has 0 bridgehead atoms. The lowest BCUT2D eigenvalue weighted by atomic mass is 10.0. The molecule has 1 unspecified atom stereocenters. The van der Waals surface area contributed by atoms with E-state index in [0.29, 0.717) is 17.2 Å². The van der Waals surface area contributed by atoms with E-state index in [0.717, 1.165) is 18.4 Å². The summed E-state index contributed by atoms with van der Waals surface area (Å²) in [6.07, 6.45) is 1.73. The molecule has 0 radical (unpaired) electrons. The Hall–Kier alpha value is -2.69. The van der Waals surface area contributed by atoms with E-state index < -0.39 is 0 Å².